The Hall–Kier alpha value is -3.90. The van der Waals surface area contributed by atoms with Crippen LogP contribution >= 0.6 is 11.6 Å². The zero-order valence-electron chi connectivity index (χ0n) is 20.3. The third kappa shape index (κ3) is 6.76. The zero-order chi connectivity index (χ0) is 28.4. The highest BCUT2D eigenvalue weighted by molar-refractivity contribution is 6.31. The van der Waals surface area contributed by atoms with Crippen LogP contribution in [0.3, 0.4) is 0 Å². The number of halogens is 7. The fourth-order valence-corrected chi connectivity index (χ4v) is 4.07. The molecule has 39 heavy (non-hydrogen) atoms. The second-order valence-electron chi connectivity index (χ2n) is 8.70. The molecule has 0 fully saturated rings. The average molecular weight is 570 g/mol. The highest BCUT2D eigenvalue weighted by atomic mass is 35.5. The van der Waals surface area contributed by atoms with E-state index in [1.165, 1.54) is 17.0 Å². The number of hydrogen-bond acceptors (Lipinski definition) is 5. The molecule has 6 nitrogen and oxygen atoms in total. The van der Waals surface area contributed by atoms with Gasteiger partial charge in [0.1, 0.15) is 0 Å². The number of alkyl halides is 6. The number of amides is 1. The van der Waals surface area contributed by atoms with Crippen molar-refractivity contribution >= 4 is 23.2 Å². The van der Waals surface area contributed by atoms with E-state index in [1.54, 1.807) is 54.6 Å². The highest BCUT2D eigenvalue weighted by Crippen LogP contribution is 2.37. The summed E-state index contributed by atoms with van der Waals surface area (Å²) >= 11 is 6.21. The van der Waals surface area contributed by atoms with Crippen molar-refractivity contribution in [3.63, 3.8) is 0 Å². The van der Waals surface area contributed by atoms with Crippen LogP contribution in [-0.2, 0) is 30.2 Å². The van der Waals surface area contributed by atoms with E-state index in [0.717, 1.165) is 0 Å². The Labute approximate surface area is 224 Å². The van der Waals surface area contributed by atoms with Gasteiger partial charge in [-0.1, -0.05) is 48.0 Å². The van der Waals surface area contributed by atoms with Crippen LogP contribution in [0.15, 0.2) is 84.3 Å². The quantitative estimate of drug-likeness (QED) is 0.298. The predicted molar refractivity (Wildman–Crippen MR) is 133 cm³/mol. The first-order valence-electron chi connectivity index (χ1n) is 11.5. The number of nitrogens with zero attached hydrogens (tertiary/aromatic N) is 2. The molecular weight excluding hydrogens is 548 g/mol. The number of anilines is 1. The predicted octanol–water partition coefficient (Wildman–Crippen LogP) is 6.14. The number of carbonyl (C=O) groups excluding carboxylic acids is 1. The lowest BCUT2D eigenvalue weighted by Crippen LogP contribution is -2.40. The third-order valence-electron chi connectivity index (χ3n) is 5.77. The monoisotopic (exact) mass is 569 g/mol. The third-order valence-corrected chi connectivity index (χ3v) is 6.14. The van der Waals surface area contributed by atoms with Crippen LogP contribution in [0.25, 0.3) is 0 Å². The smallest absolute Gasteiger partial charge is 0.339 e. The summed E-state index contributed by atoms with van der Waals surface area (Å²) in [5.74, 6) is -0.411. The molecule has 0 unspecified atom stereocenters. The van der Waals surface area contributed by atoms with Gasteiger partial charge >= 0.3 is 12.4 Å². The first-order valence-corrected chi connectivity index (χ1v) is 11.8. The number of carbonyl (C=O) groups is 1. The summed E-state index contributed by atoms with van der Waals surface area (Å²) in [6.45, 7) is -0.301. The summed E-state index contributed by atoms with van der Waals surface area (Å²) in [4.78, 5) is 14.8. The van der Waals surface area contributed by atoms with Gasteiger partial charge in [-0.3, -0.25) is 15.2 Å². The molecule has 0 saturated carbocycles. The van der Waals surface area contributed by atoms with E-state index in [9.17, 15) is 31.1 Å². The highest BCUT2D eigenvalue weighted by Gasteiger charge is 2.37. The topological polar surface area (TPSA) is 59.6 Å². The number of nitrogens with one attached hydrogen (secondary N) is 3. The maximum atomic E-state index is 13.4. The van der Waals surface area contributed by atoms with Crippen molar-refractivity contribution < 1.29 is 31.1 Å². The van der Waals surface area contributed by atoms with Crippen LogP contribution in [0.4, 0.5) is 32.0 Å². The molecule has 1 heterocycles. The van der Waals surface area contributed by atoms with Crippen LogP contribution in [0, 0.1) is 0 Å². The lowest BCUT2D eigenvalue weighted by atomic mass is 10.0. The molecule has 13 heteroatoms. The number of para-hydroxylation sites is 1. The van der Waals surface area contributed by atoms with Gasteiger partial charge in [0, 0.05) is 24.3 Å². The minimum atomic E-state index is -4.99. The molecule has 3 aromatic rings. The molecule has 0 saturated heterocycles. The fourth-order valence-electron chi connectivity index (χ4n) is 3.87. The maximum Gasteiger partial charge on any atom is 0.416 e. The molecule has 0 bridgehead atoms. The van der Waals surface area contributed by atoms with Gasteiger partial charge in [0.15, 0.2) is 11.5 Å². The zero-order valence-corrected chi connectivity index (χ0v) is 21.0. The summed E-state index contributed by atoms with van der Waals surface area (Å²) in [6.07, 6.45) is -9.98. The normalized spacial score (nSPS) is 13.9. The van der Waals surface area contributed by atoms with Gasteiger partial charge in [0.25, 0.3) is 5.91 Å². The maximum absolute atomic E-state index is 13.4. The van der Waals surface area contributed by atoms with Crippen molar-refractivity contribution in [3.8, 4) is 0 Å². The number of likely N-dealkylation sites (N-methyl/N-ethyl adjacent to an activating group) is 1. The van der Waals surface area contributed by atoms with Crippen molar-refractivity contribution in [1.82, 2.24) is 20.9 Å². The van der Waals surface area contributed by atoms with Crippen molar-refractivity contribution in [1.29, 1.82) is 0 Å². The summed E-state index contributed by atoms with van der Waals surface area (Å²) < 4.78 is 80.3. The fraction of sp³-hybridized carbons (Fsp3) is 0.192. The van der Waals surface area contributed by atoms with Gasteiger partial charge in [-0.2, -0.15) is 26.3 Å². The van der Waals surface area contributed by atoms with Gasteiger partial charge in [0.05, 0.1) is 17.7 Å². The van der Waals surface area contributed by atoms with E-state index in [4.69, 9.17) is 11.6 Å². The lowest BCUT2D eigenvalue weighted by Gasteiger charge is -2.23. The van der Waals surface area contributed by atoms with Crippen molar-refractivity contribution in [2.24, 2.45) is 0 Å². The molecule has 3 aromatic carbocycles. The minimum Gasteiger partial charge on any atom is -0.339 e. The molecule has 3 N–H and O–H groups in total. The Morgan fingerprint density at radius 3 is 2.10 bits per heavy atom. The van der Waals surface area contributed by atoms with E-state index in [0.29, 0.717) is 28.4 Å². The molecule has 0 radical (unpaired) electrons. The summed E-state index contributed by atoms with van der Waals surface area (Å²) in [5.41, 5.74) is 3.42. The van der Waals surface area contributed by atoms with E-state index in [2.05, 4.69) is 16.3 Å². The van der Waals surface area contributed by atoms with Crippen molar-refractivity contribution in [2.45, 2.75) is 25.4 Å². The molecule has 1 amide bonds. The van der Waals surface area contributed by atoms with Gasteiger partial charge in [0.2, 0.25) is 0 Å². The SMILES string of the molecule is CN(Cc1ccccc1Cl)C(=O)C1=C(Nc2ccccc2)N(Cc2cc(C(F)(F)F)cc(C(F)(F)F)c2)NN1. The lowest BCUT2D eigenvalue weighted by molar-refractivity contribution is -0.143. The van der Waals surface area contributed by atoms with E-state index >= 15 is 0 Å². The Bertz CT molecular complexity index is 1340. The molecule has 0 spiro atoms. The number of rotatable bonds is 7. The van der Waals surface area contributed by atoms with Crippen LogP contribution in [0.1, 0.15) is 22.3 Å². The Kier molecular flexibility index (Phi) is 7.98. The van der Waals surface area contributed by atoms with Crippen LogP contribution < -0.4 is 16.3 Å². The van der Waals surface area contributed by atoms with Crippen LogP contribution in [0.5, 0.6) is 0 Å². The van der Waals surface area contributed by atoms with Crippen molar-refractivity contribution in [2.75, 3.05) is 12.4 Å². The standard InChI is InChI=1S/C26H22ClF6N5O/c1-37(15-17-7-5-6-10-21(17)27)24(39)22-23(34-20-8-3-2-4-9-20)38(36-35-22)14-16-11-18(25(28,29)30)13-19(12-16)26(31,32)33/h2-13,34-36H,14-15H2,1H3. The second kappa shape index (κ2) is 11.1. The van der Waals surface area contributed by atoms with Crippen LogP contribution in [0.2, 0.25) is 5.02 Å². The largest absolute Gasteiger partial charge is 0.416 e. The summed E-state index contributed by atoms with van der Waals surface area (Å²) in [6, 6.07) is 16.9. The molecular formula is C26H22ClF6N5O. The molecule has 4 rings (SSSR count). The van der Waals surface area contributed by atoms with E-state index < -0.39 is 35.9 Å². The molecule has 0 atom stereocenters. The van der Waals surface area contributed by atoms with Crippen molar-refractivity contribution in [3.05, 3.63) is 112 Å². The van der Waals surface area contributed by atoms with Gasteiger partial charge in [-0.25, -0.2) is 0 Å². The van der Waals surface area contributed by atoms with Gasteiger partial charge in [-0.15, -0.1) is 5.53 Å². The van der Waals surface area contributed by atoms with Gasteiger partial charge in [-0.05, 0) is 47.5 Å². The number of benzene rings is 3. The second-order valence-corrected chi connectivity index (χ2v) is 9.11. The summed E-state index contributed by atoms with van der Waals surface area (Å²) in [5, 5.41) is 4.70. The average Bonchev–Trinajstić information content (AvgIpc) is 3.26. The number of hydrazine groups is 2. The molecule has 0 aromatic heterocycles. The van der Waals surface area contributed by atoms with Gasteiger partial charge < -0.3 is 10.2 Å². The minimum absolute atomic E-state index is 0.00331. The Morgan fingerprint density at radius 2 is 1.51 bits per heavy atom. The Morgan fingerprint density at radius 1 is 0.923 bits per heavy atom. The molecule has 1 aliphatic rings. The Balaban J connectivity index is 1.68. The molecule has 1 aliphatic heterocycles. The number of hydrogen-bond donors (Lipinski definition) is 3. The molecule has 206 valence electrons. The first kappa shape index (κ1) is 28.1. The van der Waals surface area contributed by atoms with E-state index in [1.807, 2.05) is 0 Å². The van der Waals surface area contributed by atoms with E-state index in [-0.39, 0.29) is 29.7 Å². The summed E-state index contributed by atoms with van der Waals surface area (Å²) in [7, 11) is 1.53. The van der Waals surface area contributed by atoms with Crippen LogP contribution in [-0.4, -0.2) is 22.9 Å². The molecule has 0 aliphatic carbocycles. The first-order chi connectivity index (χ1) is 18.3.